The van der Waals surface area contributed by atoms with Gasteiger partial charge in [0.1, 0.15) is 11.0 Å². The molecule has 7 heteroatoms. The third-order valence-electron chi connectivity index (χ3n) is 2.82. The van der Waals surface area contributed by atoms with Crippen LogP contribution >= 0.6 is 11.6 Å². The predicted octanol–water partition coefficient (Wildman–Crippen LogP) is 4.56. The second kappa shape index (κ2) is 7.67. The Morgan fingerprint density at radius 3 is 2.10 bits per heavy atom. The van der Waals surface area contributed by atoms with E-state index in [9.17, 15) is 13.2 Å². The molecule has 1 aromatic rings. The number of aromatic nitrogens is 2. The molecule has 3 nitrogen and oxygen atoms in total. The Labute approximate surface area is 122 Å². The molecule has 0 aliphatic heterocycles. The molecule has 1 rings (SSSR count). The van der Waals surface area contributed by atoms with Crippen LogP contribution in [0.1, 0.15) is 45.4 Å². The van der Waals surface area contributed by atoms with Gasteiger partial charge < -0.3 is 4.90 Å². The number of hydrogen-bond acceptors (Lipinski definition) is 3. The Kier molecular flexibility index (Phi) is 6.52. The zero-order chi connectivity index (χ0) is 15.2. The summed E-state index contributed by atoms with van der Waals surface area (Å²) >= 11 is 5.69. The van der Waals surface area contributed by atoms with Crippen molar-refractivity contribution in [3.8, 4) is 0 Å². The Morgan fingerprint density at radius 1 is 1.10 bits per heavy atom. The van der Waals surface area contributed by atoms with Crippen molar-refractivity contribution in [1.29, 1.82) is 0 Å². The van der Waals surface area contributed by atoms with E-state index in [0.717, 1.165) is 25.7 Å². The van der Waals surface area contributed by atoms with Crippen LogP contribution in [0.5, 0.6) is 0 Å². The summed E-state index contributed by atoms with van der Waals surface area (Å²) in [5, 5.41) is -0.180. The summed E-state index contributed by atoms with van der Waals surface area (Å²) in [5.41, 5.74) is 0. The minimum Gasteiger partial charge on any atom is -0.356 e. The Hall–Kier alpha value is -1.04. The van der Waals surface area contributed by atoms with E-state index in [4.69, 9.17) is 11.6 Å². The molecule has 0 saturated heterocycles. The van der Waals surface area contributed by atoms with Crippen LogP contribution in [0.2, 0.25) is 5.15 Å². The number of halogens is 4. The maximum absolute atomic E-state index is 12.7. The molecule has 0 amide bonds. The maximum atomic E-state index is 12.7. The first-order chi connectivity index (χ1) is 9.38. The van der Waals surface area contributed by atoms with Crippen LogP contribution in [0.4, 0.5) is 19.0 Å². The molecule has 0 aromatic carbocycles. The second-order valence-electron chi connectivity index (χ2n) is 4.56. The first-order valence-electron chi connectivity index (χ1n) is 6.75. The normalized spacial score (nSPS) is 11.7. The molecule has 0 N–H and O–H groups in total. The highest BCUT2D eigenvalue weighted by Crippen LogP contribution is 2.29. The number of anilines is 1. The fraction of sp³-hybridized carbons (Fsp3) is 0.692. The molecule has 1 aromatic heterocycles. The van der Waals surface area contributed by atoms with Crippen molar-refractivity contribution in [3.63, 3.8) is 0 Å². The number of rotatable bonds is 7. The molecule has 0 atom stereocenters. The van der Waals surface area contributed by atoms with Gasteiger partial charge in [0.05, 0.1) is 0 Å². The highest BCUT2D eigenvalue weighted by molar-refractivity contribution is 6.29. The first kappa shape index (κ1) is 17.0. The van der Waals surface area contributed by atoms with Crippen molar-refractivity contribution in [1.82, 2.24) is 9.97 Å². The Bertz CT molecular complexity index is 416. The van der Waals surface area contributed by atoms with E-state index in [1.807, 2.05) is 18.7 Å². The van der Waals surface area contributed by atoms with Gasteiger partial charge in [0.15, 0.2) is 0 Å². The van der Waals surface area contributed by atoms with Gasteiger partial charge in [-0.25, -0.2) is 9.97 Å². The zero-order valence-corrected chi connectivity index (χ0v) is 12.4. The molecular weight excluding hydrogens is 291 g/mol. The van der Waals surface area contributed by atoms with Crippen molar-refractivity contribution in [2.75, 3.05) is 18.0 Å². The van der Waals surface area contributed by atoms with Crippen molar-refractivity contribution >= 4 is 17.4 Å². The molecule has 20 heavy (non-hydrogen) atoms. The topological polar surface area (TPSA) is 29.0 Å². The number of alkyl halides is 3. The van der Waals surface area contributed by atoms with Crippen molar-refractivity contribution < 1.29 is 13.2 Å². The monoisotopic (exact) mass is 309 g/mol. The molecule has 0 fully saturated rings. The van der Waals surface area contributed by atoms with E-state index in [2.05, 4.69) is 9.97 Å². The minimum atomic E-state index is -4.58. The van der Waals surface area contributed by atoms with Crippen molar-refractivity contribution in [2.45, 2.75) is 45.7 Å². The zero-order valence-electron chi connectivity index (χ0n) is 11.7. The van der Waals surface area contributed by atoms with Crippen LogP contribution in [-0.2, 0) is 6.18 Å². The lowest BCUT2D eigenvalue weighted by Crippen LogP contribution is -2.27. The molecule has 1 heterocycles. The van der Waals surface area contributed by atoms with Gasteiger partial charge in [-0.2, -0.15) is 13.2 Å². The molecule has 0 bridgehead atoms. The minimum absolute atomic E-state index is 0.180. The SMILES string of the molecule is CCCCN(CCCC)c1cc(Cl)nc(C(F)(F)F)n1. The molecule has 0 spiro atoms. The lowest BCUT2D eigenvalue weighted by molar-refractivity contribution is -0.144. The number of hydrogen-bond donors (Lipinski definition) is 0. The predicted molar refractivity (Wildman–Crippen MR) is 74.1 cm³/mol. The Morgan fingerprint density at radius 2 is 1.65 bits per heavy atom. The number of unbranched alkanes of at least 4 members (excludes halogenated alkanes) is 2. The molecule has 0 aliphatic rings. The Balaban J connectivity index is 3.02. The lowest BCUT2D eigenvalue weighted by Gasteiger charge is -2.24. The van der Waals surface area contributed by atoms with Gasteiger partial charge in [-0.15, -0.1) is 0 Å². The van der Waals surface area contributed by atoms with Crippen LogP contribution in [0.3, 0.4) is 0 Å². The molecule has 0 unspecified atom stereocenters. The summed E-state index contributed by atoms with van der Waals surface area (Å²) in [6, 6.07) is 1.39. The van der Waals surface area contributed by atoms with E-state index in [1.54, 1.807) is 0 Å². The largest absolute Gasteiger partial charge is 0.451 e. The quantitative estimate of drug-likeness (QED) is 0.692. The van der Waals surface area contributed by atoms with Gasteiger partial charge in [-0.3, -0.25) is 0 Å². The van der Waals surface area contributed by atoms with E-state index in [1.165, 1.54) is 6.07 Å². The van der Waals surface area contributed by atoms with Gasteiger partial charge in [-0.05, 0) is 12.8 Å². The van der Waals surface area contributed by atoms with E-state index in [-0.39, 0.29) is 11.0 Å². The van der Waals surface area contributed by atoms with Crippen LogP contribution < -0.4 is 4.90 Å². The van der Waals surface area contributed by atoms with Crippen LogP contribution in [-0.4, -0.2) is 23.1 Å². The van der Waals surface area contributed by atoms with E-state index < -0.39 is 12.0 Å². The highest BCUT2D eigenvalue weighted by Gasteiger charge is 2.35. The standard InChI is InChI=1S/C13H19ClF3N3/c1-3-5-7-20(8-6-4-2)11-9-10(14)18-12(19-11)13(15,16)17/h9H,3-8H2,1-2H3. The van der Waals surface area contributed by atoms with E-state index in [0.29, 0.717) is 13.1 Å². The molecule has 0 radical (unpaired) electrons. The molecule has 0 aliphatic carbocycles. The average Bonchev–Trinajstić information content (AvgIpc) is 2.37. The van der Waals surface area contributed by atoms with Gasteiger partial charge in [-0.1, -0.05) is 38.3 Å². The highest BCUT2D eigenvalue weighted by atomic mass is 35.5. The summed E-state index contributed by atoms with van der Waals surface area (Å²) in [5.74, 6) is -0.933. The van der Waals surface area contributed by atoms with Crippen LogP contribution in [0.15, 0.2) is 6.07 Å². The fourth-order valence-corrected chi connectivity index (χ4v) is 1.91. The van der Waals surface area contributed by atoms with Crippen LogP contribution in [0.25, 0.3) is 0 Å². The van der Waals surface area contributed by atoms with Gasteiger partial charge >= 0.3 is 6.18 Å². The summed E-state index contributed by atoms with van der Waals surface area (Å²) in [6.07, 6.45) is -0.860. The van der Waals surface area contributed by atoms with Gasteiger partial charge in [0, 0.05) is 19.2 Å². The molecule has 0 saturated carbocycles. The summed E-state index contributed by atoms with van der Waals surface area (Å²) in [6.45, 7) is 5.40. The third kappa shape index (κ3) is 5.15. The number of nitrogens with zero attached hydrogens (tertiary/aromatic N) is 3. The maximum Gasteiger partial charge on any atom is 0.451 e. The summed E-state index contributed by atoms with van der Waals surface area (Å²) in [7, 11) is 0. The first-order valence-corrected chi connectivity index (χ1v) is 7.13. The third-order valence-corrected chi connectivity index (χ3v) is 3.02. The summed E-state index contributed by atoms with van der Waals surface area (Å²) in [4.78, 5) is 8.71. The average molecular weight is 310 g/mol. The smallest absolute Gasteiger partial charge is 0.356 e. The van der Waals surface area contributed by atoms with Crippen molar-refractivity contribution in [3.05, 3.63) is 17.0 Å². The van der Waals surface area contributed by atoms with Crippen LogP contribution in [0, 0.1) is 0 Å². The summed E-state index contributed by atoms with van der Waals surface area (Å²) < 4.78 is 38.1. The fourth-order valence-electron chi connectivity index (χ4n) is 1.73. The van der Waals surface area contributed by atoms with Gasteiger partial charge in [0.2, 0.25) is 5.82 Å². The van der Waals surface area contributed by atoms with Gasteiger partial charge in [0.25, 0.3) is 0 Å². The molecular formula is C13H19ClF3N3. The van der Waals surface area contributed by atoms with Crippen molar-refractivity contribution in [2.24, 2.45) is 0 Å². The second-order valence-corrected chi connectivity index (χ2v) is 4.95. The molecule has 114 valence electrons. The van der Waals surface area contributed by atoms with E-state index >= 15 is 0 Å². The lowest BCUT2D eigenvalue weighted by atomic mass is 10.2.